The topological polar surface area (TPSA) is 66.0 Å². The van der Waals surface area contributed by atoms with Crippen molar-refractivity contribution in [3.05, 3.63) is 29.6 Å². The Labute approximate surface area is 92.3 Å². The first kappa shape index (κ1) is 9.39. The van der Waals surface area contributed by atoms with E-state index in [0.717, 1.165) is 22.4 Å². The Bertz CT molecular complexity index is 573. The molecule has 0 unspecified atom stereocenters. The fraction of sp³-hybridized carbons (Fsp3) is 0.333. The molecule has 0 bridgehead atoms. The van der Waals surface area contributed by atoms with Gasteiger partial charge in [-0.05, 0) is 25.0 Å². The van der Waals surface area contributed by atoms with Gasteiger partial charge in [-0.2, -0.15) is 0 Å². The minimum atomic E-state index is -0.720. The standard InChI is InChI=1S/C12H12N2O2/c1-6-3-2-4-9-10(6)14-11(13-9)7-5-8(7)12(15)16/h2-4,7-8H,5H2,1H3,(H,13,14)(H,15,16)/t7-,8-/m0/s1. The molecule has 0 amide bonds. The van der Waals surface area contributed by atoms with E-state index in [1.54, 1.807) is 0 Å². The Morgan fingerprint density at radius 1 is 1.56 bits per heavy atom. The van der Waals surface area contributed by atoms with Crippen LogP contribution in [0.3, 0.4) is 0 Å². The molecule has 0 spiro atoms. The molecular formula is C12H12N2O2. The van der Waals surface area contributed by atoms with Crippen molar-refractivity contribution in [1.82, 2.24) is 9.97 Å². The minimum absolute atomic E-state index is 0.0734. The normalized spacial score (nSPS) is 23.6. The number of carboxylic acid groups (broad SMARTS) is 1. The maximum Gasteiger partial charge on any atom is 0.307 e. The van der Waals surface area contributed by atoms with Gasteiger partial charge in [0, 0.05) is 5.92 Å². The van der Waals surface area contributed by atoms with Crippen molar-refractivity contribution in [3.8, 4) is 0 Å². The van der Waals surface area contributed by atoms with Crippen LogP contribution < -0.4 is 0 Å². The lowest BCUT2D eigenvalue weighted by Gasteiger charge is -1.90. The van der Waals surface area contributed by atoms with Gasteiger partial charge in [-0.3, -0.25) is 4.79 Å². The number of hydrogen-bond donors (Lipinski definition) is 2. The second-order valence-corrected chi connectivity index (χ2v) is 4.38. The lowest BCUT2D eigenvalue weighted by atomic mass is 10.2. The van der Waals surface area contributed by atoms with Gasteiger partial charge in [0.1, 0.15) is 5.82 Å². The number of H-pyrrole nitrogens is 1. The summed E-state index contributed by atoms with van der Waals surface area (Å²) in [6.45, 7) is 2.01. The summed E-state index contributed by atoms with van der Waals surface area (Å²) in [7, 11) is 0. The number of aryl methyl sites for hydroxylation is 1. The molecular weight excluding hydrogens is 204 g/mol. The third kappa shape index (κ3) is 1.30. The van der Waals surface area contributed by atoms with E-state index in [-0.39, 0.29) is 11.8 Å². The number of para-hydroxylation sites is 1. The second-order valence-electron chi connectivity index (χ2n) is 4.38. The van der Waals surface area contributed by atoms with E-state index in [0.29, 0.717) is 6.42 Å². The summed E-state index contributed by atoms with van der Waals surface area (Å²) >= 11 is 0. The molecule has 2 aromatic rings. The highest BCUT2D eigenvalue weighted by Crippen LogP contribution is 2.46. The highest BCUT2D eigenvalue weighted by molar-refractivity contribution is 5.80. The average Bonchev–Trinajstić information content (AvgIpc) is 2.92. The number of aromatic amines is 1. The van der Waals surface area contributed by atoms with Gasteiger partial charge in [0.25, 0.3) is 0 Å². The zero-order valence-corrected chi connectivity index (χ0v) is 8.90. The Balaban J connectivity index is 2.01. The summed E-state index contributed by atoms with van der Waals surface area (Å²) in [5.41, 5.74) is 3.06. The number of carbonyl (C=O) groups is 1. The van der Waals surface area contributed by atoms with Crippen LogP contribution in [-0.2, 0) is 4.79 Å². The molecule has 1 saturated carbocycles. The van der Waals surface area contributed by atoms with Crippen LogP contribution >= 0.6 is 0 Å². The second kappa shape index (κ2) is 3.07. The number of nitrogens with one attached hydrogen (secondary N) is 1. The van der Waals surface area contributed by atoms with Crippen LogP contribution in [0.4, 0.5) is 0 Å². The number of carboxylic acids is 1. The van der Waals surface area contributed by atoms with Crippen molar-refractivity contribution in [3.63, 3.8) is 0 Å². The van der Waals surface area contributed by atoms with E-state index in [1.807, 2.05) is 25.1 Å². The number of nitrogens with zero attached hydrogens (tertiary/aromatic N) is 1. The van der Waals surface area contributed by atoms with E-state index in [4.69, 9.17) is 5.11 Å². The van der Waals surface area contributed by atoms with Gasteiger partial charge in [-0.25, -0.2) is 4.98 Å². The van der Waals surface area contributed by atoms with E-state index in [9.17, 15) is 4.79 Å². The molecule has 16 heavy (non-hydrogen) atoms. The predicted molar refractivity (Wildman–Crippen MR) is 59.3 cm³/mol. The summed E-state index contributed by atoms with van der Waals surface area (Å²) in [5.74, 6) is -0.0796. The maximum absolute atomic E-state index is 10.8. The maximum atomic E-state index is 10.8. The van der Waals surface area contributed by atoms with Crippen LogP contribution in [-0.4, -0.2) is 21.0 Å². The molecule has 1 aliphatic rings. The van der Waals surface area contributed by atoms with Gasteiger partial charge in [0.05, 0.1) is 17.0 Å². The molecule has 1 aromatic heterocycles. The molecule has 2 N–H and O–H groups in total. The summed E-state index contributed by atoms with van der Waals surface area (Å²) in [5, 5.41) is 8.87. The molecule has 1 aliphatic carbocycles. The molecule has 0 radical (unpaired) electrons. The molecule has 1 fully saturated rings. The first-order valence-electron chi connectivity index (χ1n) is 5.35. The van der Waals surface area contributed by atoms with Crippen LogP contribution in [0.2, 0.25) is 0 Å². The zero-order valence-electron chi connectivity index (χ0n) is 8.90. The first-order chi connectivity index (χ1) is 7.66. The Morgan fingerprint density at radius 3 is 3.00 bits per heavy atom. The van der Waals surface area contributed by atoms with E-state index >= 15 is 0 Å². The monoisotopic (exact) mass is 216 g/mol. The van der Waals surface area contributed by atoms with Crippen molar-refractivity contribution < 1.29 is 9.90 Å². The van der Waals surface area contributed by atoms with Crippen LogP contribution in [0.1, 0.15) is 23.7 Å². The predicted octanol–water partition coefficient (Wildman–Crippen LogP) is 2.06. The number of fused-ring (bicyclic) bond motifs is 1. The van der Waals surface area contributed by atoms with Crippen LogP contribution in [0.5, 0.6) is 0 Å². The van der Waals surface area contributed by atoms with E-state index in [1.165, 1.54) is 0 Å². The first-order valence-corrected chi connectivity index (χ1v) is 5.35. The summed E-state index contributed by atoms with van der Waals surface area (Å²) in [6.07, 6.45) is 0.703. The van der Waals surface area contributed by atoms with E-state index < -0.39 is 5.97 Å². The fourth-order valence-corrected chi connectivity index (χ4v) is 2.14. The lowest BCUT2D eigenvalue weighted by molar-refractivity contribution is -0.138. The SMILES string of the molecule is Cc1cccc2[nH]c([C@H]3C[C@@H]3C(=O)O)nc12. The van der Waals surface area contributed by atoms with E-state index in [2.05, 4.69) is 9.97 Å². The van der Waals surface area contributed by atoms with Gasteiger partial charge in [-0.1, -0.05) is 12.1 Å². The summed E-state index contributed by atoms with van der Waals surface area (Å²) < 4.78 is 0. The minimum Gasteiger partial charge on any atom is -0.481 e. The van der Waals surface area contributed by atoms with Gasteiger partial charge < -0.3 is 10.1 Å². The highest BCUT2D eigenvalue weighted by atomic mass is 16.4. The lowest BCUT2D eigenvalue weighted by Crippen LogP contribution is -1.99. The zero-order chi connectivity index (χ0) is 11.3. The Kier molecular flexibility index (Phi) is 1.80. The summed E-state index contributed by atoms with van der Waals surface area (Å²) in [6, 6.07) is 5.95. The highest BCUT2D eigenvalue weighted by Gasteiger charge is 2.46. The largest absolute Gasteiger partial charge is 0.481 e. The molecule has 4 heteroatoms. The van der Waals surface area contributed by atoms with Gasteiger partial charge in [-0.15, -0.1) is 0 Å². The quantitative estimate of drug-likeness (QED) is 0.807. The molecule has 0 saturated heterocycles. The number of rotatable bonds is 2. The van der Waals surface area contributed by atoms with Gasteiger partial charge in [0.15, 0.2) is 0 Å². The third-order valence-electron chi connectivity index (χ3n) is 3.19. The molecule has 3 rings (SSSR count). The number of benzene rings is 1. The molecule has 82 valence electrons. The van der Waals surface area contributed by atoms with Crippen LogP contribution in [0.25, 0.3) is 11.0 Å². The van der Waals surface area contributed by atoms with Crippen molar-refractivity contribution in [2.75, 3.05) is 0 Å². The van der Waals surface area contributed by atoms with Crippen molar-refractivity contribution >= 4 is 17.0 Å². The van der Waals surface area contributed by atoms with Crippen molar-refractivity contribution in [2.24, 2.45) is 5.92 Å². The number of imidazole rings is 1. The fourth-order valence-electron chi connectivity index (χ4n) is 2.14. The van der Waals surface area contributed by atoms with Crippen molar-refractivity contribution in [1.29, 1.82) is 0 Å². The third-order valence-corrected chi connectivity index (χ3v) is 3.19. The number of hydrogen-bond acceptors (Lipinski definition) is 2. The van der Waals surface area contributed by atoms with Gasteiger partial charge in [0.2, 0.25) is 0 Å². The summed E-state index contributed by atoms with van der Waals surface area (Å²) in [4.78, 5) is 18.5. The molecule has 0 aliphatic heterocycles. The van der Waals surface area contributed by atoms with Crippen LogP contribution in [0.15, 0.2) is 18.2 Å². The molecule has 4 nitrogen and oxygen atoms in total. The Hall–Kier alpha value is -1.84. The number of aromatic nitrogens is 2. The van der Waals surface area contributed by atoms with Crippen molar-refractivity contribution in [2.45, 2.75) is 19.3 Å². The molecule has 2 atom stereocenters. The Morgan fingerprint density at radius 2 is 2.38 bits per heavy atom. The average molecular weight is 216 g/mol. The molecule has 1 heterocycles. The van der Waals surface area contributed by atoms with Gasteiger partial charge >= 0.3 is 5.97 Å². The molecule has 1 aromatic carbocycles. The number of aliphatic carboxylic acids is 1. The van der Waals surface area contributed by atoms with Crippen LogP contribution in [0, 0.1) is 12.8 Å². The smallest absolute Gasteiger partial charge is 0.307 e.